The molecule has 4 aliphatic carbocycles. The number of nitrogens with zero attached hydrogens (tertiary/aromatic N) is 2. The minimum atomic E-state index is -3.71. The zero-order valence-electron chi connectivity index (χ0n) is 17.0. The molecule has 0 atom stereocenters. The molecule has 0 saturated heterocycles. The minimum Gasteiger partial charge on any atom is -0.300 e. The molecule has 0 radical (unpaired) electrons. The van der Waals surface area contributed by atoms with Crippen LogP contribution in [0.2, 0.25) is 5.02 Å². The Labute approximate surface area is 191 Å². The number of aromatic nitrogens is 2. The molecule has 6 rings (SSSR count). The first-order valence-corrected chi connectivity index (χ1v) is 13.4. The van der Waals surface area contributed by atoms with Gasteiger partial charge in [0.25, 0.3) is 0 Å². The van der Waals surface area contributed by atoms with Gasteiger partial charge in [-0.25, -0.2) is 13.1 Å². The highest BCUT2D eigenvalue weighted by Gasteiger charge is 2.53. The monoisotopic (exact) mass is 480 g/mol. The molecular formula is C21H25ClN4O3S2. The van der Waals surface area contributed by atoms with Gasteiger partial charge in [-0.05, 0) is 74.5 Å². The SMILES string of the molecule is O=C(CCNS(=O)(=O)c1cccc(Cl)c1)Nc1nnc(C23CC4CC(CC(C4)C2)C3)s1. The Morgan fingerprint density at radius 1 is 1.13 bits per heavy atom. The van der Waals surface area contributed by atoms with Crippen molar-refractivity contribution < 1.29 is 13.2 Å². The van der Waals surface area contributed by atoms with E-state index in [0.29, 0.717) is 10.2 Å². The van der Waals surface area contributed by atoms with Crippen LogP contribution in [0, 0.1) is 17.8 Å². The molecule has 0 unspecified atom stereocenters. The summed E-state index contributed by atoms with van der Waals surface area (Å²) >= 11 is 7.34. The van der Waals surface area contributed by atoms with E-state index in [1.807, 2.05) is 0 Å². The predicted molar refractivity (Wildman–Crippen MR) is 120 cm³/mol. The fourth-order valence-corrected chi connectivity index (χ4v) is 8.37. The average Bonchev–Trinajstić information content (AvgIpc) is 3.16. The molecule has 2 N–H and O–H groups in total. The Kier molecular flexibility index (Phi) is 5.57. The third-order valence-corrected chi connectivity index (χ3v) is 9.69. The van der Waals surface area contributed by atoms with Crippen LogP contribution in [0.4, 0.5) is 5.13 Å². The molecule has 4 bridgehead atoms. The number of hydrogen-bond acceptors (Lipinski definition) is 6. The summed E-state index contributed by atoms with van der Waals surface area (Å²) in [4.78, 5) is 12.4. The van der Waals surface area contributed by atoms with Gasteiger partial charge in [-0.15, -0.1) is 10.2 Å². The molecule has 1 aromatic heterocycles. The first kappa shape index (κ1) is 21.3. The van der Waals surface area contributed by atoms with Gasteiger partial charge in [-0.3, -0.25) is 4.79 Å². The normalized spacial score (nSPS) is 29.3. The van der Waals surface area contributed by atoms with E-state index in [2.05, 4.69) is 20.2 Å². The second kappa shape index (κ2) is 8.10. The van der Waals surface area contributed by atoms with Crippen molar-refractivity contribution in [3.05, 3.63) is 34.3 Å². The largest absolute Gasteiger partial charge is 0.300 e. The molecule has 1 heterocycles. The highest BCUT2D eigenvalue weighted by molar-refractivity contribution is 7.89. The molecule has 0 spiro atoms. The first-order chi connectivity index (χ1) is 14.8. The third kappa shape index (κ3) is 4.37. The van der Waals surface area contributed by atoms with E-state index in [1.54, 1.807) is 12.1 Å². The summed E-state index contributed by atoms with van der Waals surface area (Å²) in [5, 5.41) is 13.3. The van der Waals surface area contributed by atoms with Crippen LogP contribution >= 0.6 is 22.9 Å². The van der Waals surface area contributed by atoms with E-state index in [0.717, 1.165) is 22.8 Å². The van der Waals surface area contributed by atoms with Gasteiger partial charge in [0.2, 0.25) is 21.1 Å². The quantitative estimate of drug-likeness (QED) is 0.624. The molecule has 1 amide bonds. The number of rotatable bonds is 7. The Balaban J connectivity index is 1.16. The van der Waals surface area contributed by atoms with Crippen molar-refractivity contribution >= 4 is 44.0 Å². The fraction of sp³-hybridized carbons (Fsp3) is 0.571. The number of amides is 1. The van der Waals surface area contributed by atoms with E-state index in [9.17, 15) is 13.2 Å². The summed E-state index contributed by atoms with van der Waals surface area (Å²) in [5.74, 6) is 2.17. The maximum atomic E-state index is 12.3. The van der Waals surface area contributed by atoms with Crippen LogP contribution in [0.15, 0.2) is 29.2 Å². The minimum absolute atomic E-state index is 0.00603. The van der Waals surface area contributed by atoms with Crippen molar-refractivity contribution in [3.63, 3.8) is 0 Å². The van der Waals surface area contributed by atoms with E-state index in [4.69, 9.17) is 11.6 Å². The molecule has 4 fully saturated rings. The molecule has 4 aliphatic rings. The van der Waals surface area contributed by atoms with Crippen molar-refractivity contribution in [2.45, 2.75) is 55.3 Å². The number of halogens is 1. The van der Waals surface area contributed by atoms with Crippen molar-refractivity contribution in [2.75, 3.05) is 11.9 Å². The van der Waals surface area contributed by atoms with Gasteiger partial charge in [0, 0.05) is 23.4 Å². The van der Waals surface area contributed by atoms with E-state index in [-0.39, 0.29) is 29.2 Å². The number of carbonyl (C=O) groups is 1. The Hall–Kier alpha value is -1.55. The van der Waals surface area contributed by atoms with Gasteiger partial charge in [-0.1, -0.05) is 29.0 Å². The lowest BCUT2D eigenvalue weighted by atomic mass is 9.50. The Bertz CT molecular complexity index is 1070. The molecule has 166 valence electrons. The first-order valence-electron chi connectivity index (χ1n) is 10.7. The second-order valence-electron chi connectivity index (χ2n) is 9.26. The Morgan fingerprint density at radius 2 is 1.81 bits per heavy atom. The predicted octanol–water partition coefficient (Wildman–Crippen LogP) is 3.97. The van der Waals surface area contributed by atoms with Gasteiger partial charge in [0.15, 0.2) is 0 Å². The number of nitrogens with one attached hydrogen (secondary N) is 2. The number of sulfonamides is 1. The topological polar surface area (TPSA) is 101 Å². The highest BCUT2D eigenvalue weighted by atomic mass is 35.5. The maximum Gasteiger partial charge on any atom is 0.240 e. The van der Waals surface area contributed by atoms with Crippen molar-refractivity contribution in [1.29, 1.82) is 0 Å². The van der Waals surface area contributed by atoms with Gasteiger partial charge >= 0.3 is 0 Å². The van der Waals surface area contributed by atoms with E-state index >= 15 is 0 Å². The Morgan fingerprint density at radius 3 is 2.45 bits per heavy atom. The summed E-state index contributed by atoms with van der Waals surface area (Å²) in [7, 11) is -3.71. The lowest BCUT2D eigenvalue weighted by molar-refractivity contribution is -0.116. The molecule has 31 heavy (non-hydrogen) atoms. The van der Waals surface area contributed by atoms with Crippen molar-refractivity contribution in [2.24, 2.45) is 17.8 Å². The zero-order valence-corrected chi connectivity index (χ0v) is 19.4. The third-order valence-electron chi connectivity index (χ3n) is 6.91. The molecule has 7 nitrogen and oxygen atoms in total. The van der Waals surface area contributed by atoms with E-state index < -0.39 is 10.0 Å². The molecular weight excluding hydrogens is 456 g/mol. The van der Waals surface area contributed by atoms with Crippen LogP contribution in [-0.2, 0) is 20.2 Å². The second-order valence-corrected chi connectivity index (χ2v) is 12.4. The summed E-state index contributed by atoms with van der Waals surface area (Å²) in [6.07, 6.45) is 7.71. The molecule has 2 aromatic rings. The van der Waals surface area contributed by atoms with Gasteiger partial charge in [-0.2, -0.15) is 0 Å². The lowest BCUT2D eigenvalue weighted by Crippen LogP contribution is -2.48. The molecule has 10 heteroatoms. The van der Waals surface area contributed by atoms with Gasteiger partial charge in [0.1, 0.15) is 5.01 Å². The van der Waals surface area contributed by atoms with Crippen LogP contribution in [0.5, 0.6) is 0 Å². The highest BCUT2D eigenvalue weighted by Crippen LogP contribution is 2.61. The van der Waals surface area contributed by atoms with Crippen LogP contribution < -0.4 is 10.0 Å². The van der Waals surface area contributed by atoms with Crippen LogP contribution in [0.25, 0.3) is 0 Å². The standard InChI is InChI=1S/C21H25ClN4O3S2/c22-16-2-1-3-17(9-16)31(28,29)23-5-4-18(27)24-20-26-25-19(30-20)21-10-13-6-14(11-21)8-15(7-13)12-21/h1-3,9,13-15,23H,4-8,10-12H2,(H,24,26,27). The molecule has 1 aromatic carbocycles. The fourth-order valence-electron chi connectivity index (χ4n) is 6.06. The summed E-state index contributed by atoms with van der Waals surface area (Å²) < 4.78 is 27.1. The number of hydrogen-bond donors (Lipinski definition) is 2. The van der Waals surface area contributed by atoms with Gasteiger partial charge < -0.3 is 5.32 Å². The van der Waals surface area contributed by atoms with E-state index in [1.165, 1.54) is 62.0 Å². The number of carbonyl (C=O) groups excluding carboxylic acids is 1. The molecule has 4 saturated carbocycles. The van der Waals surface area contributed by atoms with Crippen LogP contribution in [0.1, 0.15) is 50.0 Å². The zero-order chi connectivity index (χ0) is 21.6. The summed E-state index contributed by atoms with van der Waals surface area (Å²) in [6.45, 7) is -0.0126. The average molecular weight is 481 g/mol. The lowest BCUT2D eigenvalue weighted by Gasteiger charge is -2.55. The van der Waals surface area contributed by atoms with Gasteiger partial charge in [0.05, 0.1) is 4.90 Å². The smallest absolute Gasteiger partial charge is 0.240 e. The summed E-state index contributed by atoms with van der Waals surface area (Å²) in [5.41, 5.74) is 0.155. The van der Waals surface area contributed by atoms with Crippen molar-refractivity contribution in [3.8, 4) is 0 Å². The number of benzene rings is 1. The molecule has 0 aliphatic heterocycles. The maximum absolute atomic E-state index is 12.3. The van der Waals surface area contributed by atoms with Crippen LogP contribution in [0.3, 0.4) is 0 Å². The summed E-state index contributed by atoms with van der Waals surface area (Å²) in [6, 6.07) is 6.01. The van der Waals surface area contributed by atoms with Crippen LogP contribution in [-0.4, -0.2) is 31.1 Å². The number of anilines is 1. The van der Waals surface area contributed by atoms with Crippen molar-refractivity contribution in [1.82, 2.24) is 14.9 Å².